The largest absolute Gasteiger partial charge is 0.337 e. The Morgan fingerprint density at radius 2 is 2.35 bits per heavy atom. The first-order chi connectivity index (χ1) is 8.31. The maximum Gasteiger partial charge on any atom is 0.273 e. The molecule has 0 bridgehead atoms. The molecule has 1 fully saturated rings. The zero-order valence-corrected chi connectivity index (χ0v) is 11.0. The van der Waals surface area contributed by atoms with Crippen molar-refractivity contribution in [2.24, 2.45) is 5.92 Å². The zero-order chi connectivity index (χ0) is 12.1. The van der Waals surface area contributed by atoms with Gasteiger partial charge < -0.3 is 10.2 Å². The Morgan fingerprint density at radius 3 is 2.94 bits per heavy atom. The van der Waals surface area contributed by atoms with Gasteiger partial charge in [-0.1, -0.05) is 6.92 Å². The van der Waals surface area contributed by atoms with Crippen molar-refractivity contribution in [3.8, 4) is 0 Å². The quantitative estimate of drug-likeness (QED) is 0.886. The highest BCUT2D eigenvalue weighted by Gasteiger charge is 2.24. The Hall–Kier alpha value is -0.940. The molecule has 2 rings (SSSR count). The lowest BCUT2D eigenvalue weighted by molar-refractivity contribution is 0.0685. The second-order valence-corrected chi connectivity index (χ2v) is 5.14. The summed E-state index contributed by atoms with van der Waals surface area (Å²) in [5.74, 6) is 0.808. The van der Waals surface area contributed by atoms with Crippen molar-refractivity contribution in [2.45, 2.75) is 19.8 Å². The Kier molecular flexibility index (Phi) is 4.50. The minimum Gasteiger partial charge on any atom is -0.337 e. The maximum atomic E-state index is 12.0. The average Bonchev–Trinajstić information content (AvgIpc) is 2.90. The van der Waals surface area contributed by atoms with Crippen LogP contribution in [0, 0.1) is 5.92 Å². The molecule has 1 aliphatic heterocycles. The van der Waals surface area contributed by atoms with Crippen LogP contribution in [0.4, 0.5) is 0 Å². The molecule has 5 heteroatoms. The monoisotopic (exact) mass is 253 g/mol. The number of carbonyl (C=O) groups is 1. The normalized spacial score (nSPS) is 17.4. The van der Waals surface area contributed by atoms with Gasteiger partial charge in [0.15, 0.2) is 0 Å². The van der Waals surface area contributed by atoms with Crippen LogP contribution < -0.4 is 5.32 Å². The summed E-state index contributed by atoms with van der Waals surface area (Å²) in [5.41, 5.74) is 2.31. The molecule has 1 N–H and O–H groups in total. The minimum absolute atomic E-state index is 0.0909. The van der Waals surface area contributed by atoms with Crippen molar-refractivity contribution in [3.63, 3.8) is 0 Å². The molecule has 0 atom stereocenters. The van der Waals surface area contributed by atoms with Gasteiger partial charge in [-0.25, -0.2) is 4.98 Å². The predicted octanol–water partition coefficient (Wildman–Crippen LogP) is 1.60. The van der Waals surface area contributed by atoms with Crippen molar-refractivity contribution in [1.82, 2.24) is 15.2 Å². The van der Waals surface area contributed by atoms with E-state index in [0.29, 0.717) is 5.69 Å². The van der Waals surface area contributed by atoms with Gasteiger partial charge in [-0.2, -0.15) is 0 Å². The van der Waals surface area contributed by atoms with Crippen LogP contribution in [-0.2, 0) is 0 Å². The van der Waals surface area contributed by atoms with Gasteiger partial charge in [-0.15, -0.1) is 11.3 Å². The van der Waals surface area contributed by atoms with E-state index in [0.717, 1.165) is 44.9 Å². The first kappa shape index (κ1) is 12.5. The van der Waals surface area contributed by atoms with Crippen LogP contribution in [0.25, 0.3) is 0 Å². The summed E-state index contributed by atoms with van der Waals surface area (Å²) in [6.07, 6.45) is 2.20. The van der Waals surface area contributed by atoms with Crippen LogP contribution in [-0.4, -0.2) is 42.0 Å². The highest BCUT2D eigenvalue weighted by atomic mass is 32.1. The molecule has 4 nitrogen and oxygen atoms in total. The van der Waals surface area contributed by atoms with E-state index in [1.807, 2.05) is 10.3 Å². The molecule has 2 heterocycles. The third-order valence-electron chi connectivity index (χ3n) is 3.24. The standard InChI is InChI=1S/C12H19N3OS/c1-2-13-7-10-3-5-15(6-4-10)12(16)11-8-17-9-14-11/h8-10,13H,2-7H2,1H3. The molecule has 1 aromatic rings. The molecule has 0 aromatic carbocycles. The number of rotatable bonds is 4. The van der Waals surface area contributed by atoms with Crippen molar-refractivity contribution < 1.29 is 4.79 Å². The number of aromatic nitrogens is 1. The van der Waals surface area contributed by atoms with Crippen LogP contribution in [0.3, 0.4) is 0 Å². The number of hydrogen-bond donors (Lipinski definition) is 1. The third-order valence-corrected chi connectivity index (χ3v) is 3.82. The molecule has 17 heavy (non-hydrogen) atoms. The van der Waals surface area contributed by atoms with Crippen LogP contribution in [0.1, 0.15) is 30.3 Å². The SMILES string of the molecule is CCNCC1CCN(C(=O)c2cscn2)CC1. The van der Waals surface area contributed by atoms with E-state index in [2.05, 4.69) is 17.2 Å². The van der Waals surface area contributed by atoms with Crippen LogP contribution >= 0.6 is 11.3 Å². The van der Waals surface area contributed by atoms with Gasteiger partial charge in [0.1, 0.15) is 5.69 Å². The summed E-state index contributed by atoms with van der Waals surface area (Å²) in [6.45, 7) is 5.97. The molecule has 1 amide bonds. The van der Waals surface area contributed by atoms with E-state index in [1.165, 1.54) is 11.3 Å². The summed E-state index contributed by atoms with van der Waals surface area (Å²) in [4.78, 5) is 18.0. The number of likely N-dealkylation sites (tertiary alicyclic amines) is 1. The Labute approximate surface area is 106 Å². The maximum absolute atomic E-state index is 12.0. The second kappa shape index (κ2) is 6.12. The molecule has 0 saturated carbocycles. The fourth-order valence-corrected chi connectivity index (χ4v) is 2.69. The fraction of sp³-hybridized carbons (Fsp3) is 0.667. The topological polar surface area (TPSA) is 45.2 Å². The smallest absolute Gasteiger partial charge is 0.273 e. The first-order valence-electron chi connectivity index (χ1n) is 6.19. The van der Waals surface area contributed by atoms with E-state index < -0.39 is 0 Å². The zero-order valence-electron chi connectivity index (χ0n) is 10.2. The Balaban J connectivity index is 1.81. The number of nitrogens with one attached hydrogen (secondary N) is 1. The number of hydrogen-bond acceptors (Lipinski definition) is 4. The molecular formula is C12H19N3OS. The van der Waals surface area contributed by atoms with Gasteiger partial charge in [0, 0.05) is 18.5 Å². The number of carbonyl (C=O) groups excluding carboxylic acids is 1. The Morgan fingerprint density at radius 1 is 1.59 bits per heavy atom. The number of piperidine rings is 1. The second-order valence-electron chi connectivity index (χ2n) is 4.42. The number of nitrogens with zero attached hydrogens (tertiary/aromatic N) is 2. The highest BCUT2D eigenvalue weighted by molar-refractivity contribution is 7.07. The van der Waals surface area contributed by atoms with E-state index in [9.17, 15) is 4.79 Å². The van der Waals surface area contributed by atoms with Crippen molar-refractivity contribution >= 4 is 17.2 Å². The molecule has 0 unspecified atom stereocenters. The van der Waals surface area contributed by atoms with Gasteiger partial charge in [0.2, 0.25) is 0 Å². The summed E-state index contributed by atoms with van der Waals surface area (Å²) in [5, 5.41) is 5.20. The van der Waals surface area contributed by atoms with Crippen LogP contribution in [0.15, 0.2) is 10.9 Å². The van der Waals surface area contributed by atoms with E-state index in [-0.39, 0.29) is 5.91 Å². The third kappa shape index (κ3) is 3.26. The lowest BCUT2D eigenvalue weighted by Gasteiger charge is -2.31. The van der Waals surface area contributed by atoms with Gasteiger partial charge >= 0.3 is 0 Å². The van der Waals surface area contributed by atoms with Gasteiger partial charge in [0.25, 0.3) is 5.91 Å². The summed E-state index contributed by atoms with van der Waals surface area (Å²) in [6, 6.07) is 0. The lowest BCUT2D eigenvalue weighted by atomic mass is 9.96. The van der Waals surface area contributed by atoms with Crippen LogP contribution in [0.5, 0.6) is 0 Å². The molecule has 0 aliphatic carbocycles. The summed E-state index contributed by atoms with van der Waals surface area (Å²) < 4.78 is 0. The Bertz CT molecular complexity index is 345. The molecule has 94 valence electrons. The molecule has 0 radical (unpaired) electrons. The number of thiazole rings is 1. The van der Waals surface area contributed by atoms with Crippen molar-refractivity contribution in [3.05, 3.63) is 16.6 Å². The van der Waals surface area contributed by atoms with Crippen molar-refractivity contribution in [1.29, 1.82) is 0 Å². The average molecular weight is 253 g/mol. The highest BCUT2D eigenvalue weighted by Crippen LogP contribution is 2.18. The van der Waals surface area contributed by atoms with Gasteiger partial charge in [0.05, 0.1) is 5.51 Å². The van der Waals surface area contributed by atoms with E-state index in [4.69, 9.17) is 0 Å². The van der Waals surface area contributed by atoms with Gasteiger partial charge in [-0.05, 0) is 31.8 Å². The van der Waals surface area contributed by atoms with Gasteiger partial charge in [-0.3, -0.25) is 4.79 Å². The van der Waals surface area contributed by atoms with Crippen molar-refractivity contribution in [2.75, 3.05) is 26.2 Å². The molecule has 1 aromatic heterocycles. The molecule has 1 saturated heterocycles. The summed E-state index contributed by atoms with van der Waals surface area (Å²) >= 11 is 1.47. The molecular weight excluding hydrogens is 234 g/mol. The molecule has 1 aliphatic rings. The summed E-state index contributed by atoms with van der Waals surface area (Å²) in [7, 11) is 0. The van der Waals surface area contributed by atoms with E-state index in [1.54, 1.807) is 5.51 Å². The predicted molar refractivity (Wildman–Crippen MR) is 69.3 cm³/mol. The van der Waals surface area contributed by atoms with Crippen LogP contribution in [0.2, 0.25) is 0 Å². The molecule has 0 spiro atoms. The fourth-order valence-electron chi connectivity index (χ4n) is 2.17. The minimum atomic E-state index is 0.0909. The number of amides is 1. The van der Waals surface area contributed by atoms with E-state index >= 15 is 0 Å². The lowest BCUT2D eigenvalue weighted by Crippen LogP contribution is -2.40. The first-order valence-corrected chi connectivity index (χ1v) is 7.13.